The van der Waals surface area contributed by atoms with Crippen LogP contribution in [0.4, 0.5) is 5.13 Å². The number of hydrogen-bond acceptors (Lipinski definition) is 6. The highest BCUT2D eigenvalue weighted by Crippen LogP contribution is 2.27. The number of nitrogens with two attached hydrogens (primary N) is 2. The number of thiazole rings is 1. The summed E-state index contributed by atoms with van der Waals surface area (Å²) in [4.78, 5) is 23.7. The molecule has 16 heavy (non-hydrogen) atoms. The SMILES string of the molecule is Cc1nccc(-c2nc(N)sc2C(N)=O)n1. The minimum atomic E-state index is -0.555. The largest absolute Gasteiger partial charge is 0.375 e. The summed E-state index contributed by atoms with van der Waals surface area (Å²) in [5, 5.41) is 0.292. The number of anilines is 1. The second-order valence-electron chi connectivity index (χ2n) is 3.08. The Morgan fingerprint density at radius 1 is 1.44 bits per heavy atom. The fourth-order valence-corrected chi connectivity index (χ4v) is 1.96. The lowest BCUT2D eigenvalue weighted by atomic mass is 10.2. The van der Waals surface area contributed by atoms with Crippen LogP contribution >= 0.6 is 11.3 Å². The van der Waals surface area contributed by atoms with Gasteiger partial charge in [0.25, 0.3) is 5.91 Å². The highest BCUT2D eigenvalue weighted by atomic mass is 32.1. The first-order valence-corrected chi connectivity index (χ1v) is 5.25. The van der Waals surface area contributed by atoms with Crippen molar-refractivity contribution in [2.45, 2.75) is 6.92 Å². The zero-order valence-corrected chi connectivity index (χ0v) is 9.28. The van der Waals surface area contributed by atoms with Crippen LogP contribution in [0, 0.1) is 6.92 Å². The van der Waals surface area contributed by atoms with Crippen molar-refractivity contribution in [3.8, 4) is 11.4 Å². The molecule has 7 heteroatoms. The highest BCUT2D eigenvalue weighted by Gasteiger charge is 2.17. The smallest absolute Gasteiger partial charge is 0.261 e. The molecule has 0 aliphatic rings. The third-order valence-electron chi connectivity index (χ3n) is 1.89. The van der Waals surface area contributed by atoms with Gasteiger partial charge in [-0.1, -0.05) is 11.3 Å². The highest BCUT2D eigenvalue weighted by molar-refractivity contribution is 7.17. The van der Waals surface area contributed by atoms with Crippen molar-refractivity contribution in [3.63, 3.8) is 0 Å². The Morgan fingerprint density at radius 2 is 2.19 bits per heavy atom. The molecule has 0 saturated heterocycles. The molecule has 2 heterocycles. The molecule has 0 spiro atoms. The second-order valence-corrected chi connectivity index (χ2v) is 4.11. The first-order valence-electron chi connectivity index (χ1n) is 4.44. The molecule has 82 valence electrons. The Morgan fingerprint density at radius 3 is 2.81 bits per heavy atom. The third-order valence-corrected chi connectivity index (χ3v) is 2.79. The van der Waals surface area contributed by atoms with E-state index in [-0.39, 0.29) is 0 Å². The third kappa shape index (κ3) is 1.84. The molecule has 0 radical (unpaired) electrons. The molecule has 0 bridgehead atoms. The minimum Gasteiger partial charge on any atom is -0.375 e. The Hall–Kier alpha value is -2.02. The maximum atomic E-state index is 11.2. The van der Waals surface area contributed by atoms with Gasteiger partial charge in [0.05, 0.1) is 5.69 Å². The number of aromatic nitrogens is 3. The van der Waals surface area contributed by atoms with Crippen LogP contribution in [0.2, 0.25) is 0 Å². The number of amides is 1. The van der Waals surface area contributed by atoms with E-state index in [2.05, 4.69) is 15.0 Å². The van der Waals surface area contributed by atoms with Crippen molar-refractivity contribution >= 4 is 22.4 Å². The molecule has 1 amide bonds. The van der Waals surface area contributed by atoms with Crippen molar-refractivity contribution < 1.29 is 4.79 Å². The van der Waals surface area contributed by atoms with Crippen molar-refractivity contribution in [1.82, 2.24) is 15.0 Å². The van der Waals surface area contributed by atoms with Gasteiger partial charge in [0.15, 0.2) is 5.13 Å². The normalized spacial score (nSPS) is 10.3. The lowest BCUT2D eigenvalue weighted by molar-refractivity contribution is 0.100. The molecule has 0 fully saturated rings. The molecule has 0 aliphatic carbocycles. The fourth-order valence-electron chi connectivity index (χ4n) is 1.27. The van der Waals surface area contributed by atoms with Gasteiger partial charge in [-0.05, 0) is 13.0 Å². The van der Waals surface area contributed by atoms with Gasteiger partial charge in [0, 0.05) is 6.20 Å². The molecule has 0 aromatic carbocycles. The molecule has 2 aromatic rings. The molecule has 4 N–H and O–H groups in total. The number of carbonyl (C=O) groups excluding carboxylic acids is 1. The van der Waals surface area contributed by atoms with E-state index in [1.54, 1.807) is 19.2 Å². The number of primary amides is 1. The number of nitrogens with zero attached hydrogens (tertiary/aromatic N) is 3. The van der Waals surface area contributed by atoms with Crippen LogP contribution < -0.4 is 11.5 Å². The summed E-state index contributed by atoms with van der Waals surface area (Å²) in [6.45, 7) is 1.75. The van der Waals surface area contributed by atoms with Gasteiger partial charge >= 0.3 is 0 Å². The van der Waals surface area contributed by atoms with Crippen LogP contribution in [0.25, 0.3) is 11.4 Å². The van der Waals surface area contributed by atoms with Gasteiger partial charge in [0.2, 0.25) is 0 Å². The van der Waals surface area contributed by atoms with Crippen LogP contribution in [-0.4, -0.2) is 20.9 Å². The summed E-state index contributed by atoms with van der Waals surface area (Å²) in [5.74, 6) is 0.0416. The lowest BCUT2D eigenvalue weighted by Gasteiger charge is -1.98. The molecule has 0 unspecified atom stereocenters. The van der Waals surface area contributed by atoms with E-state index in [0.29, 0.717) is 27.2 Å². The summed E-state index contributed by atoms with van der Waals surface area (Å²) in [5.41, 5.74) is 11.8. The molecule has 0 atom stereocenters. The zero-order valence-electron chi connectivity index (χ0n) is 8.47. The van der Waals surface area contributed by atoms with Gasteiger partial charge in [-0.2, -0.15) is 0 Å². The summed E-state index contributed by atoms with van der Waals surface area (Å²) >= 11 is 1.05. The lowest BCUT2D eigenvalue weighted by Crippen LogP contribution is -2.10. The minimum absolute atomic E-state index is 0.292. The molecule has 2 aromatic heterocycles. The second kappa shape index (κ2) is 3.86. The van der Waals surface area contributed by atoms with Gasteiger partial charge in [-0.3, -0.25) is 4.79 Å². The Balaban J connectivity index is 2.59. The van der Waals surface area contributed by atoms with Crippen LogP contribution in [0.5, 0.6) is 0 Å². The van der Waals surface area contributed by atoms with E-state index in [1.807, 2.05) is 0 Å². The Kier molecular flexibility index (Phi) is 2.53. The summed E-state index contributed by atoms with van der Waals surface area (Å²) in [6.07, 6.45) is 1.60. The fraction of sp³-hybridized carbons (Fsp3) is 0.111. The van der Waals surface area contributed by atoms with Gasteiger partial charge in [0.1, 0.15) is 16.4 Å². The average Bonchev–Trinajstić information content (AvgIpc) is 2.60. The van der Waals surface area contributed by atoms with Crippen molar-refractivity contribution in [2.24, 2.45) is 5.73 Å². The first kappa shape index (κ1) is 10.5. The van der Waals surface area contributed by atoms with E-state index < -0.39 is 5.91 Å². The van der Waals surface area contributed by atoms with Crippen LogP contribution in [0.1, 0.15) is 15.5 Å². The Labute approximate surface area is 95.4 Å². The van der Waals surface area contributed by atoms with E-state index in [4.69, 9.17) is 11.5 Å². The number of aryl methyl sites for hydroxylation is 1. The molecule has 2 rings (SSSR count). The predicted molar refractivity (Wildman–Crippen MR) is 60.8 cm³/mol. The van der Waals surface area contributed by atoms with Crippen molar-refractivity contribution in [3.05, 3.63) is 23.0 Å². The standard InChI is InChI=1S/C9H9N5OS/c1-4-12-3-2-5(13-4)6-7(8(10)15)16-9(11)14-6/h2-3H,1H3,(H2,10,15)(H2,11,14). The van der Waals surface area contributed by atoms with E-state index in [9.17, 15) is 4.79 Å². The van der Waals surface area contributed by atoms with Crippen LogP contribution in [-0.2, 0) is 0 Å². The summed E-state index contributed by atoms with van der Waals surface area (Å²) < 4.78 is 0. The summed E-state index contributed by atoms with van der Waals surface area (Å²) in [6, 6.07) is 1.66. The summed E-state index contributed by atoms with van der Waals surface area (Å²) in [7, 11) is 0. The molecule has 0 saturated carbocycles. The molecule has 6 nitrogen and oxygen atoms in total. The topological polar surface area (TPSA) is 108 Å². The molecular weight excluding hydrogens is 226 g/mol. The van der Waals surface area contributed by atoms with Gasteiger partial charge < -0.3 is 11.5 Å². The van der Waals surface area contributed by atoms with Crippen molar-refractivity contribution in [1.29, 1.82) is 0 Å². The average molecular weight is 235 g/mol. The predicted octanol–water partition coefficient (Wildman–Crippen LogP) is 0.590. The first-order chi connectivity index (χ1) is 7.58. The maximum Gasteiger partial charge on any atom is 0.261 e. The number of hydrogen-bond donors (Lipinski definition) is 2. The number of carbonyl (C=O) groups is 1. The van der Waals surface area contributed by atoms with Crippen molar-refractivity contribution in [2.75, 3.05) is 5.73 Å². The quantitative estimate of drug-likeness (QED) is 0.792. The van der Waals surface area contributed by atoms with E-state index >= 15 is 0 Å². The van der Waals surface area contributed by atoms with E-state index in [1.165, 1.54) is 0 Å². The zero-order chi connectivity index (χ0) is 11.7. The molecule has 0 aliphatic heterocycles. The Bertz CT molecular complexity index is 551. The van der Waals surface area contributed by atoms with Crippen LogP contribution in [0.3, 0.4) is 0 Å². The van der Waals surface area contributed by atoms with Crippen LogP contribution in [0.15, 0.2) is 12.3 Å². The van der Waals surface area contributed by atoms with E-state index in [0.717, 1.165) is 11.3 Å². The van der Waals surface area contributed by atoms with Gasteiger partial charge in [-0.15, -0.1) is 0 Å². The van der Waals surface area contributed by atoms with Gasteiger partial charge in [-0.25, -0.2) is 15.0 Å². The monoisotopic (exact) mass is 235 g/mol. The molecular formula is C9H9N5OS. The number of rotatable bonds is 2. The number of nitrogen functional groups attached to an aromatic ring is 1. The maximum absolute atomic E-state index is 11.2.